The molecular weight excluding hydrogens is 254 g/mol. The fraction of sp³-hybridized carbons (Fsp3) is 0.333. The highest BCUT2D eigenvalue weighted by molar-refractivity contribution is 6.02. The van der Waals surface area contributed by atoms with E-state index in [9.17, 15) is 4.79 Å². The van der Waals surface area contributed by atoms with Crippen molar-refractivity contribution in [3.8, 4) is 5.75 Å². The molecule has 1 aromatic heterocycles. The number of ether oxygens (including phenoxy) is 1. The number of anilines is 1. The molecule has 0 spiro atoms. The number of hydrogen-bond acceptors (Lipinski definition) is 4. The van der Waals surface area contributed by atoms with Crippen molar-refractivity contribution >= 4 is 11.5 Å². The number of benzene rings is 1. The second-order valence-electron chi connectivity index (χ2n) is 4.72. The largest absolute Gasteiger partial charge is 0.496 e. The summed E-state index contributed by atoms with van der Waals surface area (Å²) >= 11 is 0. The van der Waals surface area contributed by atoms with Crippen LogP contribution in [-0.4, -0.2) is 29.5 Å². The predicted octanol–water partition coefficient (Wildman–Crippen LogP) is 2.27. The van der Waals surface area contributed by atoms with Crippen LogP contribution in [0.3, 0.4) is 0 Å². The zero-order valence-corrected chi connectivity index (χ0v) is 12.3. The van der Waals surface area contributed by atoms with Crippen molar-refractivity contribution in [2.45, 2.75) is 13.5 Å². The first-order valence-corrected chi connectivity index (χ1v) is 6.40. The van der Waals surface area contributed by atoms with Gasteiger partial charge in [0.25, 0.3) is 0 Å². The zero-order valence-electron chi connectivity index (χ0n) is 12.3. The number of methoxy groups -OCH3 is 1. The first-order chi connectivity index (χ1) is 9.54. The summed E-state index contributed by atoms with van der Waals surface area (Å²) < 4.78 is 7.25. The summed E-state index contributed by atoms with van der Waals surface area (Å²) in [5.41, 5.74) is 1.45. The average Bonchev–Trinajstić information content (AvgIpc) is 2.83. The van der Waals surface area contributed by atoms with E-state index in [0.29, 0.717) is 17.9 Å². The van der Waals surface area contributed by atoms with Crippen molar-refractivity contribution in [2.75, 3.05) is 19.1 Å². The minimum Gasteiger partial charge on any atom is -0.496 e. The van der Waals surface area contributed by atoms with Crippen molar-refractivity contribution < 1.29 is 9.53 Å². The van der Waals surface area contributed by atoms with E-state index in [1.165, 1.54) is 0 Å². The Labute approximate surface area is 118 Å². The highest BCUT2D eigenvalue weighted by Gasteiger charge is 2.17. The van der Waals surface area contributed by atoms with Gasteiger partial charge in [-0.15, -0.1) is 0 Å². The molecule has 2 aromatic rings. The molecule has 0 N–H and O–H groups in total. The lowest BCUT2D eigenvalue weighted by Gasteiger charge is -2.22. The topological polar surface area (TPSA) is 47.4 Å². The van der Waals surface area contributed by atoms with Crippen LogP contribution in [0.1, 0.15) is 23.1 Å². The molecule has 0 radical (unpaired) electrons. The quantitative estimate of drug-likeness (QED) is 0.784. The zero-order chi connectivity index (χ0) is 14.7. The number of aryl methyl sites for hydroxylation is 1. The fourth-order valence-corrected chi connectivity index (χ4v) is 2.21. The number of aromatic nitrogens is 2. The molecule has 20 heavy (non-hydrogen) atoms. The van der Waals surface area contributed by atoms with Crippen molar-refractivity contribution in [3.63, 3.8) is 0 Å². The lowest BCUT2D eigenvalue weighted by atomic mass is 10.1. The van der Waals surface area contributed by atoms with Crippen LogP contribution >= 0.6 is 0 Å². The summed E-state index contributed by atoms with van der Waals surface area (Å²) in [4.78, 5) is 18.2. The average molecular weight is 273 g/mol. The Morgan fingerprint density at radius 2 is 2.20 bits per heavy atom. The standard InChI is InChI=1S/C15H19N3O2/c1-11(19)15-12(6-5-7-13(15)20-4)18(3)10-14-16-8-9-17(14)2/h5-9H,10H2,1-4H3. The maximum absolute atomic E-state index is 11.9. The van der Waals surface area contributed by atoms with E-state index in [0.717, 1.165) is 11.5 Å². The SMILES string of the molecule is COc1cccc(N(C)Cc2nccn2C)c1C(C)=O. The Morgan fingerprint density at radius 1 is 1.45 bits per heavy atom. The molecule has 0 aliphatic heterocycles. The van der Waals surface area contributed by atoms with Crippen LogP contribution in [0.5, 0.6) is 5.75 Å². The van der Waals surface area contributed by atoms with Gasteiger partial charge in [-0.1, -0.05) is 6.07 Å². The van der Waals surface area contributed by atoms with Gasteiger partial charge in [0.2, 0.25) is 0 Å². The smallest absolute Gasteiger partial charge is 0.165 e. The van der Waals surface area contributed by atoms with Gasteiger partial charge in [-0.25, -0.2) is 4.98 Å². The summed E-state index contributed by atoms with van der Waals surface area (Å²) in [6.07, 6.45) is 3.67. The van der Waals surface area contributed by atoms with Crippen molar-refractivity contribution in [2.24, 2.45) is 7.05 Å². The summed E-state index contributed by atoms with van der Waals surface area (Å²) in [6.45, 7) is 2.17. The molecule has 0 aliphatic carbocycles. The highest BCUT2D eigenvalue weighted by Crippen LogP contribution is 2.29. The molecule has 0 unspecified atom stereocenters. The Bertz CT molecular complexity index is 619. The number of carbonyl (C=O) groups excluding carboxylic acids is 1. The number of carbonyl (C=O) groups is 1. The molecule has 0 atom stereocenters. The van der Waals surface area contributed by atoms with Gasteiger partial charge in [0, 0.05) is 26.5 Å². The Kier molecular flexibility index (Phi) is 4.08. The second kappa shape index (κ2) is 5.77. The first kappa shape index (κ1) is 14.1. The van der Waals surface area contributed by atoms with Crippen molar-refractivity contribution in [1.29, 1.82) is 0 Å². The van der Waals surface area contributed by atoms with Crippen LogP contribution in [0, 0.1) is 0 Å². The third-order valence-corrected chi connectivity index (χ3v) is 3.29. The van der Waals surface area contributed by atoms with Crippen LogP contribution in [-0.2, 0) is 13.6 Å². The van der Waals surface area contributed by atoms with Crippen molar-refractivity contribution in [3.05, 3.63) is 42.0 Å². The van der Waals surface area contributed by atoms with Crippen LogP contribution in [0.4, 0.5) is 5.69 Å². The van der Waals surface area contributed by atoms with Gasteiger partial charge in [0.05, 0.1) is 24.9 Å². The molecule has 5 nitrogen and oxygen atoms in total. The third-order valence-electron chi connectivity index (χ3n) is 3.29. The molecule has 0 saturated carbocycles. The molecule has 0 fully saturated rings. The molecule has 0 bridgehead atoms. The fourth-order valence-electron chi connectivity index (χ4n) is 2.21. The first-order valence-electron chi connectivity index (χ1n) is 6.40. The minimum atomic E-state index is -0.0101. The van der Waals surface area contributed by atoms with Crippen LogP contribution in [0.15, 0.2) is 30.6 Å². The van der Waals surface area contributed by atoms with Crippen LogP contribution in [0.25, 0.3) is 0 Å². The predicted molar refractivity (Wildman–Crippen MR) is 78.3 cm³/mol. The Morgan fingerprint density at radius 3 is 2.75 bits per heavy atom. The Balaban J connectivity index is 2.37. The van der Waals surface area contributed by atoms with E-state index in [2.05, 4.69) is 4.98 Å². The molecule has 1 aromatic carbocycles. The van der Waals surface area contributed by atoms with Gasteiger partial charge in [-0.05, 0) is 19.1 Å². The number of imidazole rings is 1. The van der Waals surface area contributed by atoms with Crippen molar-refractivity contribution in [1.82, 2.24) is 9.55 Å². The lowest BCUT2D eigenvalue weighted by Crippen LogP contribution is -2.21. The van der Waals surface area contributed by atoms with Gasteiger partial charge >= 0.3 is 0 Å². The molecule has 0 aliphatic rings. The van der Waals surface area contributed by atoms with Gasteiger partial charge in [0.15, 0.2) is 5.78 Å². The second-order valence-corrected chi connectivity index (χ2v) is 4.72. The summed E-state index contributed by atoms with van der Waals surface area (Å²) in [7, 11) is 5.47. The van der Waals surface area contributed by atoms with E-state index < -0.39 is 0 Å². The van der Waals surface area contributed by atoms with Crippen LogP contribution in [0.2, 0.25) is 0 Å². The normalized spacial score (nSPS) is 10.4. The van der Waals surface area contributed by atoms with E-state index in [1.54, 1.807) is 26.3 Å². The molecule has 0 amide bonds. The summed E-state index contributed by atoms with van der Waals surface area (Å²) in [5.74, 6) is 1.52. The monoisotopic (exact) mass is 273 g/mol. The van der Waals surface area contributed by atoms with Crippen LogP contribution < -0.4 is 9.64 Å². The number of ketones is 1. The maximum atomic E-state index is 11.9. The van der Waals surface area contributed by atoms with E-state index in [1.807, 2.05) is 41.9 Å². The number of Topliss-reactive ketones (excluding diaryl/α,β-unsaturated/α-hetero) is 1. The molecule has 106 valence electrons. The number of hydrogen-bond donors (Lipinski definition) is 0. The Hall–Kier alpha value is -2.30. The highest BCUT2D eigenvalue weighted by atomic mass is 16.5. The molecule has 2 rings (SSSR count). The number of nitrogens with zero attached hydrogens (tertiary/aromatic N) is 3. The number of rotatable bonds is 5. The minimum absolute atomic E-state index is 0.0101. The van der Waals surface area contributed by atoms with Gasteiger partial charge in [-0.3, -0.25) is 4.79 Å². The summed E-state index contributed by atoms with van der Waals surface area (Å²) in [6, 6.07) is 5.60. The maximum Gasteiger partial charge on any atom is 0.165 e. The summed E-state index contributed by atoms with van der Waals surface area (Å²) in [5, 5.41) is 0. The van der Waals surface area contributed by atoms with E-state index in [4.69, 9.17) is 4.74 Å². The van der Waals surface area contributed by atoms with E-state index >= 15 is 0 Å². The molecular formula is C15H19N3O2. The van der Waals surface area contributed by atoms with Gasteiger partial charge in [0.1, 0.15) is 11.6 Å². The van der Waals surface area contributed by atoms with Gasteiger partial charge < -0.3 is 14.2 Å². The molecule has 5 heteroatoms. The van der Waals surface area contributed by atoms with Gasteiger partial charge in [-0.2, -0.15) is 0 Å². The lowest BCUT2D eigenvalue weighted by molar-refractivity contribution is 0.101. The van der Waals surface area contributed by atoms with E-state index in [-0.39, 0.29) is 5.78 Å². The molecule has 0 saturated heterocycles. The molecule has 1 heterocycles. The third kappa shape index (κ3) is 2.66.